The van der Waals surface area contributed by atoms with Gasteiger partial charge >= 0.3 is 0 Å². The number of carbonyl (C=O) groups is 1. The van der Waals surface area contributed by atoms with Gasteiger partial charge in [-0.05, 0) is 30.7 Å². The van der Waals surface area contributed by atoms with E-state index in [2.05, 4.69) is 15.6 Å². The molecule has 0 aromatic carbocycles. The van der Waals surface area contributed by atoms with Gasteiger partial charge in [-0.1, -0.05) is 0 Å². The molecule has 1 fully saturated rings. The second kappa shape index (κ2) is 5.91. The van der Waals surface area contributed by atoms with Crippen molar-refractivity contribution in [2.75, 3.05) is 7.11 Å². The maximum atomic E-state index is 13.0. The highest BCUT2D eigenvalue weighted by Gasteiger charge is 2.44. The molecule has 0 bridgehead atoms. The summed E-state index contributed by atoms with van der Waals surface area (Å²) in [6.07, 6.45) is 4.45. The van der Waals surface area contributed by atoms with Crippen LogP contribution in [0, 0.1) is 5.92 Å². The third-order valence-electron chi connectivity index (χ3n) is 4.64. The zero-order valence-electron chi connectivity index (χ0n) is 14.0. The van der Waals surface area contributed by atoms with Gasteiger partial charge in [0.25, 0.3) is 0 Å². The fraction of sp³-hybridized carbons (Fsp3) is 0.333. The number of aromatic nitrogens is 2. The maximum absolute atomic E-state index is 13.0. The van der Waals surface area contributed by atoms with Gasteiger partial charge in [0.2, 0.25) is 11.8 Å². The number of hydrogen-bond donors (Lipinski definition) is 2. The predicted octanol–water partition coefficient (Wildman–Crippen LogP) is 0.0177. The molecule has 25 heavy (non-hydrogen) atoms. The van der Waals surface area contributed by atoms with Gasteiger partial charge in [0.1, 0.15) is 12.3 Å². The summed E-state index contributed by atoms with van der Waals surface area (Å²) in [4.78, 5) is 16.2. The Bertz CT molecular complexity index is 952. The fourth-order valence-corrected chi connectivity index (χ4v) is 3.14. The van der Waals surface area contributed by atoms with E-state index in [9.17, 15) is 9.18 Å². The van der Waals surface area contributed by atoms with Gasteiger partial charge in [0.05, 0.1) is 29.6 Å². The number of rotatable bonds is 4. The van der Waals surface area contributed by atoms with Crippen LogP contribution in [0.5, 0.6) is 5.88 Å². The molecule has 2 aromatic heterocycles. The number of amides is 1. The summed E-state index contributed by atoms with van der Waals surface area (Å²) in [5.41, 5.74) is 1.85. The second-order valence-electron chi connectivity index (χ2n) is 6.31. The van der Waals surface area contributed by atoms with Crippen molar-refractivity contribution in [3.05, 3.63) is 35.0 Å². The molecule has 4 rings (SSSR count). The molecule has 1 amide bonds. The maximum Gasteiger partial charge on any atom is 0.227 e. The van der Waals surface area contributed by atoms with Gasteiger partial charge < -0.3 is 19.9 Å². The van der Waals surface area contributed by atoms with Crippen molar-refractivity contribution in [2.24, 2.45) is 13.0 Å². The zero-order valence-corrected chi connectivity index (χ0v) is 14.0. The van der Waals surface area contributed by atoms with Crippen molar-refractivity contribution in [3.63, 3.8) is 0 Å². The number of carbonyl (C=O) groups excluding carboxylic acids is 1. The van der Waals surface area contributed by atoms with Gasteiger partial charge in [-0.25, -0.2) is 9.37 Å². The van der Waals surface area contributed by atoms with Crippen LogP contribution in [-0.4, -0.2) is 34.9 Å². The lowest BCUT2D eigenvalue weighted by molar-refractivity contribution is -0.123. The number of hydrogen-bond acceptors (Lipinski definition) is 4. The first-order chi connectivity index (χ1) is 12.1. The Labute approximate surface area is 144 Å². The molecule has 0 saturated heterocycles. The molecule has 0 spiro atoms. The largest absolute Gasteiger partial charge is 0.481 e. The van der Waals surface area contributed by atoms with E-state index >= 15 is 0 Å². The standard InChI is InChI=1S/C18H19FN4O2/c1-23-14(11-4-3-5-20-18(11)25-2)6-10-7-16(21-9-15(10)23)22-17(24)12-8-13(12)19/h3-7,9,12-13,16,21H,8H2,1-2H3,(H,22,24)/t12-,13+,16?/m0/s1. The molecule has 2 N–H and O–H groups in total. The summed E-state index contributed by atoms with van der Waals surface area (Å²) < 4.78 is 20.4. The van der Waals surface area contributed by atoms with Crippen LogP contribution < -0.4 is 25.9 Å². The molecule has 2 aliphatic rings. The smallest absolute Gasteiger partial charge is 0.227 e. The highest BCUT2D eigenvalue weighted by Crippen LogP contribution is 2.33. The summed E-state index contributed by atoms with van der Waals surface area (Å²) in [6.45, 7) is 0. The number of nitrogens with zero attached hydrogens (tertiary/aromatic N) is 2. The molecule has 1 aliphatic carbocycles. The Morgan fingerprint density at radius 3 is 3.04 bits per heavy atom. The van der Waals surface area contributed by atoms with Crippen molar-refractivity contribution in [1.82, 2.24) is 20.2 Å². The second-order valence-corrected chi connectivity index (χ2v) is 6.31. The van der Waals surface area contributed by atoms with Crippen molar-refractivity contribution in [2.45, 2.75) is 18.8 Å². The monoisotopic (exact) mass is 342 g/mol. The molecule has 0 radical (unpaired) electrons. The van der Waals surface area contributed by atoms with Gasteiger partial charge in [-0.3, -0.25) is 4.79 Å². The Morgan fingerprint density at radius 1 is 1.52 bits per heavy atom. The summed E-state index contributed by atoms with van der Waals surface area (Å²) in [5, 5.41) is 7.93. The summed E-state index contributed by atoms with van der Waals surface area (Å²) in [6, 6.07) is 5.84. The third kappa shape index (κ3) is 2.75. The number of methoxy groups -OCH3 is 1. The highest BCUT2D eigenvalue weighted by molar-refractivity contribution is 5.83. The average molecular weight is 342 g/mol. The minimum Gasteiger partial charge on any atom is -0.481 e. The fourth-order valence-electron chi connectivity index (χ4n) is 3.14. The number of halogens is 1. The molecule has 2 aromatic rings. The summed E-state index contributed by atoms with van der Waals surface area (Å²) in [7, 11) is 3.56. The van der Waals surface area contributed by atoms with Crippen molar-refractivity contribution in [3.8, 4) is 17.1 Å². The van der Waals surface area contributed by atoms with Gasteiger partial charge in [0, 0.05) is 24.7 Å². The normalized spacial score (nSPS) is 23.6. The molecular weight excluding hydrogens is 323 g/mol. The van der Waals surface area contributed by atoms with Gasteiger partial charge in [-0.2, -0.15) is 0 Å². The van der Waals surface area contributed by atoms with E-state index in [1.165, 1.54) is 0 Å². The molecule has 3 atom stereocenters. The van der Waals surface area contributed by atoms with E-state index in [4.69, 9.17) is 4.74 Å². The average Bonchev–Trinajstić information content (AvgIpc) is 3.27. The Kier molecular flexibility index (Phi) is 3.71. The Balaban J connectivity index is 1.67. The molecule has 6 nitrogen and oxygen atoms in total. The molecule has 1 unspecified atom stereocenters. The van der Waals surface area contributed by atoms with Crippen LogP contribution in [0.4, 0.5) is 4.39 Å². The van der Waals surface area contributed by atoms with Crippen molar-refractivity contribution >= 4 is 18.2 Å². The van der Waals surface area contributed by atoms with Crippen LogP contribution >= 0.6 is 0 Å². The van der Waals surface area contributed by atoms with E-state index in [0.717, 1.165) is 21.8 Å². The van der Waals surface area contributed by atoms with Crippen molar-refractivity contribution in [1.29, 1.82) is 0 Å². The number of pyridine rings is 1. The van der Waals surface area contributed by atoms with Gasteiger partial charge in [0.15, 0.2) is 0 Å². The zero-order chi connectivity index (χ0) is 17.6. The van der Waals surface area contributed by atoms with Crippen LogP contribution in [0.15, 0.2) is 24.4 Å². The Hall–Kier alpha value is -2.83. The Morgan fingerprint density at radius 2 is 2.32 bits per heavy atom. The van der Waals surface area contributed by atoms with E-state index in [1.54, 1.807) is 13.3 Å². The lowest BCUT2D eigenvalue weighted by Crippen LogP contribution is -2.49. The number of nitrogens with one attached hydrogen (secondary N) is 2. The van der Waals surface area contributed by atoms with E-state index < -0.39 is 12.1 Å². The van der Waals surface area contributed by atoms with Crippen LogP contribution in [-0.2, 0) is 11.8 Å². The highest BCUT2D eigenvalue weighted by atomic mass is 19.1. The first-order valence-electron chi connectivity index (χ1n) is 8.16. The quantitative estimate of drug-likeness (QED) is 0.822. The molecule has 3 heterocycles. The number of alkyl halides is 1. The third-order valence-corrected chi connectivity index (χ3v) is 4.64. The first-order valence-corrected chi connectivity index (χ1v) is 8.16. The molecule has 7 heteroatoms. The summed E-state index contributed by atoms with van der Waals surface area (Å²) >= 11 is 0. The molecule has 1 saturated carbocycles. The minimum absolute atomic E-state index is 0.247. The summed E-state index contributed by atoms with van der Waals surface area (Å²) in [5.74, 6) is -0.188. The van der Waals surface area contributed by atoms with E-state index in [1.807, 2.05) is 42.1 Å². The molecule has 1 aliphatic heterocycles. The number of ether oxygens (including phenoxy) is 1. The lowest BCUT2D eigenvalue weighted by atomic mass is 10.2. The topological polar surface area (TPSA) is 68.2 Å². The van der Waals surface area contributed by atoms with Crippen LogP contribution in [0.3, 0.4) is 0 Å². The van der Waals surface area contributed by atoms with Crippen LogP contribution in [0.25, 0.3) is 23.5 Å². The van der Waals surface area contributed by atoms with E-state index in [0.29, 0.717) is 12.3 Å². The predicted molar refractivity (Wildman–Crippen MR) is 91.4 cm³/mol. The van der Waals surface area contributed by atoms with Gasteiger partial charge in [-0.15, -0.1) is 0 Å². The lowest BCUT2D eigenvalue weighted by Gasteiger charge is -2.17. The van der Waals surface area contributed by atoms with Crippen LogP contribution in [0.1, 0.15) is 6.42 Å². The van der Waals surface area contributed by atoms with E-state index in [-0.39, 0.29) is 12.1 Å². The van der Waals surface area contributed by atoms with Crippen molar-refractivity contribution < 1.29 is 13.9 Å². The molecule has 130 valence electrons. The first kappa shape index (κ1) is 15.7. The van der Waals surface area contributed by atoms with Crippen LogP contribution in [0.2, 0.25) is 0 Å². The SMILES string of the molecule is COc1ncccc1-c1cc2c(n1C)=CNC(NC(=O)[C@H]1C[C@H]1F)C=2. The molecular formula is C18H19FN4O2. The minimum atomic E-state index is -0.996. The number of fused-ring (bicyclic) bond motifs is 1.